The van der Waals surface area contributed by atoms with Gasteiger partial charge in [-0.3, -0.25) is 4.68 Å². The van der Waals surface area contributed by atoms with Crippen LogP contribution in [0.15, 0.2) is 30.5 Å². The first-order valence-corrected chi connectivity index (χ1v) is 6.70. The number of hydrogen-bond acceptors (Lipinski definition) is 5. The van der Waals surface area contributed by atoms with Gasteiger partial charge in [-0.15, -0.1) is 0 Å². The number of benzene rings is 1. The molecule has 2 rings (SSSR count). The zero-order valence-corrected chi connectivity index (χ0v) is 12.5. The van der Waals surface area contributed by atoms with Crippen molar-refractivity contribution in [1.82, 2.24) is 9.78 Å². The molecule has 0 amide bonds. The summed E-state index contributed by atoms with van der Waals surface area (Å²) in [4.78, 5) is 14.1. The molecule has 1 aromatic heterocycles. The molecule has 112 valence electrons. The predicted molar refractivity (Wildman–Crippen MR) is 82.4 cm³/mol. The third-order valence-corrected chi connectivity index (χ3v) is 3.24. The third-order valence-electron chi connectivity index (χ3n) is 3.24. The van der Waals surface area contributed by atoms with Gasteiger partial charge < -0.3 is 15.4 Å². The third kappa shape index (κ3) is 3.53. The van der Waals surface area contributed by atoms with Crippen molar-refractivity contribution >= 4 is 17.3 Å². The van der Waals surface area contributed by atoms with Crippen LogP contribution in [0.5, 0.6) is 0 Å². The van der Waals surface area contributed by atoms with Crippen molar-refractivity contribution < 1.29 is 9.53 Å². The number of carbonyl (C=O) groups is 1. The highest BCUT2D eigenvalue weighted by Crippen LogP contribution is 2.22. The fraction of sp³-hybridized carbons (Fsp3) is 0.333. The molecule has 0 atom stereocenters. The molecule has 0 saturated carbocycles. The molecule has 6 heteroatoms. The second-order valence-electron chi connectivity index (χ2n) is 5.00. The number of rotatable bonds is 5. The zero-order valence-electron chi connectivity index (χ0n) is 12.5. The smallest absolute Gasteiger partial charge is 0.340 e. The number of hydrogen-bond donors (Lipinski definition) is 1. The molecule has 0 fully saturated rings. The van der Waals surface area contributed by atoms with Gasteiger partial charge in [-0.05, 0) is 24.3 Å². The summed E-state index contributed by atoms with van der Waals surface area (Å²) < 4.78 is 7.10. The molecule has 1 heterocycles. The van der Waals surface area contributed by atoms with Crippen LogP contribution in [0.2, 0.25) is 0 Å². The lowest BCUT2D eigenvalue weighted by atomic mass is 10.1. The Balaban J connectivity index is 2.03. The van der Waals surface area contributed by atoms with Gasteiger partial charge in [-0.2, -0.15) is 5.10 Å². The lowest BCUT2D eigenvalue weighted by Gasteiger charge is -2.17. The highest BCUT2D eigenvalue weighted by atomic mass is 16.5. The first-order chi connectivity index (χ1) is 9.99. The number of nitrogens with zero attached hydrogens (tertiary/aromatic N) is 3. The Morgan fingerprint density at radius 2 is 2.14 bits per heavy atom. The van der Waals surface area contributed by atoms with E-state index in [-0.39, 0.29) is 5.97 Å². The van der Waals surface area contributed by atoms with Crippen molar-refractivity contribution in [3.63, 3.8) is 0 Å². The van der Waals surface area contributed by atoms with Crippen LogP contribution in [0.25, 0.3) is 0 Å². The first kappa shape index (κ1) is 14.9. The molecule has 1 aromatic carbocycles. The molecular weight excluding hydrogens is 268 g/mol. The lowest BCUT2D eigenvalue weighted by Crippen LogP contribution is -2.17. The second-order valence-corrected chi connectivity index (χ2v) is 5.00. The number of nitrogens with two attached hydrogens (primary N) is 1. The molecule has 2 aromatic rings. The maximum atomic E-state index is 12.2. The molecule has 2 N–H and O–H groups in total. The number of nitrogen functional groups attached to an aromatic ring is 1. The molecule has 0 saturated heterocycles. The first-order valence-electron chi connectivity index (χ1n) is 6.70. The average Bonchev–Trinajstić information content (AvgIpc) is 2.84. The number of esters is 1. The van der Waals surface area contributed by atoms with Gasteiger partial charge in [-0.1, -0.05) is 0 Å². The van der Waals surface area contributed by atoms with Crippen molar-refractivity contribution in [2.75, 3.05) is 31.3 Å². The average molecular weight is 288 g/mol. The van der Waals surface area contributed by atoms with Crippen LogP contribution in [0.4, 0.5) is 11.4 Å². The summed E-state index contributed by atoms with van der Waals surface area (Å²) in [5, 5.41) is 4.07. The maximum absolute atomic E-state index is 12.2. The van der Waals surface area contributed by atoms with E-state index >= 15 is 0 Å². The van der Waals surface area contributed by atoms with Crippen LogP contribution in [0.1, 0.15) is 16.1 Å². The summed E-state index contributed by atoms with van der Waals surface area (Å²) in [5.74, 6) is -0.367. The van der Waals surface area contributed by atoms with Gasteiger partial charge in [0.1, 0.15) is 0 Å². The van der Waals surface area contributed by atoms with E-state index in [0.717, 1.165) is 11.4 Å². The van der Waals surface area contributed by atoms with Gasteiger partial charge in [-0.25, -0.2) is 4.79 Å². The Hall–Kier alpha value is -2.50. The number of aryl methyl sites for hydroxylation is 1. The van der Waals surface area contributed by atoms with E-state index < -0.39 is 0 Å². The summed E-state index contributed by atoms with van der Waals surface area (Å²) in [7, 11) is 5.61. The summed E-state index contributed by atoms with van der Waals surface area (Å²) >= 11 is 0. The van der Waals surface area contributed by atoms with Crippen molar-refractivity contribution in [1.29, 1.82) is 0 Å². The Bertz CT molecular complexity index is 634. The van der Waals surface area contributed by atoms with E-state index in [0.29, 0.717) is 24.3 Å². The Morgan fingerprint density at radius 1 is 1.38 bits per heavy atom. The van der Waals surface area contributed by atoms with Gasteiger partial charge in [0.15, 0.2) is 0 Å². The van der Waals surface area contributed by atoms with Crippen LogP contribution in [-0.4, -0.2) is 36.5 Å². The minimum absolute atomic E-state index is 0.306. The molecule has 0 spiro atoms. The number of anilines is 2. The molecule has 0 aliphatic carbocycles. The van der Waals surface area contributed by atoms with Crippen molar-refractivity contribution in [2.45, 2.75) is 6.42 Å². The number of aromatic nitrogens is 2. The van der Waals surface area contributed by atoms with Gasteiger partial charge in [0, 0.05) is 45.1 Å². The molecule has 0 radical (unpaired) electrons. The van der Waals surface area contributed by atoms with E-state index in [9.17, 15) is 4.79 Å². The van der Waals surface area contributed by atoms with Crippen LogP contribution < -0.4 is 10.6 Å². The second kappa shape index (κ2) is 6.30. The van der Waals surface area contributed by atoms with Gasteiger partial charge in [0.05, 0.1) is 17.9 Å². The molecular formula is C15H20N4O2. The van der Waals surface area contributed by atoms with Gasteiger partial charge in [0.25, 0.3) is 0 Å². The summed E-state index contributed by atoms with van der Waals surface area (Å²) in [6.07, 6.45) is 2.35. The van der Waals surface area contributed by atoms with Crippen molar-refractivity contribution in [3.8, 4) is 0 Å². The number of ether oxygens (including phenoxy) is 1. The normalized spacial score (nSPS) is 10.4. The molecule has 0 aliphatic heterocycles. The van der Waals surface area contributed by atoms with Crippen LogP contribution in [-0.2, 0) is 18.2 Å². The summed E-state index contributed by atoms with van der Waals surface area (Å²) in [6, 6.07) is 7.12. The van der Waals surface area contributed by atoms with E-state index in [4.69, 9.17) is 10.5 Å². The SMILES string of the molecule is CN(C)c1ccc(N)cc1C(=O)OCCc1ccnn1C. The van der Waals surface area contributed by atoms with E-state index in [1.807, 2.05) is 38.2 Å². The monoisotopic (exact) mass is 288 g/mol. The van der Waals surface area contributed by atoms with E-state index in [1.54, 1.807) is 23.0 Å². The Morgan fingerprint density at radius 3 is 2.76 bits per heavy atom. The summed E-state index contributed by atoms with van der Waals surface area (Å²) in [6.45, 7) is 0.306. The minimum atomic E-state index is -0.367. The molecule has 6 nitrogen and oxygen atoms in total. The largest absolute Gasteiger partial charge is 0.462 e. The molecule has 0 aliphatic rings. The Kier molecular flexibility index (Phi) is 4.47. The van der Waals surface area contributed by atoms with Crippen LogP contribution in [0.3, 0.4) is 0 Å². The quantitative estimate of drug-likeness (QED) is 0.666. The lowest BCUT2D eigenvalue weighted by molar-refractivity contribution is 0.0508. The highest BCUT2D eigenvalue weighted by molar-refractivity contribution is 5.96. The minimum Gasteiger partial charge on any atom is -0.462 e. The fourth-order valence-electron chi connectivity index (χ4n) is 2.08. The van der Waals surface area contributed by atoms with Crippen molar-refractivity contribution in [3.05, 3.63) is 41.7 Å². The van der Waals surface area contributed by atoms with Crippen LogP contribution in [0, 0.1) is 0 Å². The predicted octanol–water partition coefficient (Wildman–Crippen LogP) is 1.47. The van der Waals surface area contributed by atoms with E-state index in [2.05, 4.69) is 5.10 Å². The Labute approximate surface area is 124 Å². The van der Waals surface area contributed by atoms with Gasteiger partial charge in [0.2, 0.25) is 0 Å². The van der Waals surface area contributed by atoms with Crippen LogP contribution >= 0.6 is 0 Å². The van der Waals surface area contributed by atoms with Gasteiger partial charge >= 0.3 is 5.97 Å². The van der Waals surface area contributed by atoms with Crippen molar-refractivity contribution in [2.24, 2.45) is 7.05 Å². The highest BCUT2D eigenvalue weighted by Gasteiger charge is 2.15. The maximum Gasteiger partial charge on any atom is 0.340 e. The topological polar surface area (TPSA) is 73.4 Å². The van der Waals surface area contributed by atoms with E-state index in [1.165, 1.54) is 0 Å². The molecule has 21 heavy (non-hydrogen) atoms. The fourth-order valence-corrected chi connectivity index (χ4v) is 2.08. The number of carbonyl (C=O) groups excluding carboxylic acids is 1. The molecule has 0 bridgehead atoms. The molecule has 0 unspecified atom stereocenters. The summed E-state index contributed by atoms with van der Waals surface area (Å²) in [5.41, 5.74) is 8.57. The standard InChI is InChI=1S/C15H20N4O2/c1-18(2)14-5-4-11(16)10-13(14)15(20)21-9-7-12-6-8-17-19(12)3/h4-6,8,10H,7,9,16H2,1-3H3. The zero-order chi connectivity index (χ0) is 15.4.